The first-order valence-corrected chi connectivity index (χ1v) is 9.25. The van der Waals surface area contributed by atoms with Gasteiger partial charge in [0.2, 0.25) is 0 Å². The zero-order valence-electron chi connectivity index (χ0n) is 14.1. The Morgan fingerprint density at radius 1 is 1.12 bits per heavy atom. The van der Waals surface area contributed by atoms with Gasteiger partial charge in [0.15, 0.2) is 0 Å². The van der Waals surface area contributed by atoms with Gasteiger partial charge < -0.3 is 15.3 Å². The summed E-state index contributed by atoms with van der Waals surface area (Å²) in [5, 5.41) is 6.09. The van der Waals surface area contributed by atoms with Crippen molar-refractivity contribution in [1.82, 2.24) is 15.3 Å². The van der Waals surface area contributed by atoms with Gasteiger partial charge in [0.05, 0.1) is 6.04 Å². The minimum Gasteiger partial charge on any atom is -0.361 e. The number of benzene rings is 2. The Labute approximate surface area is 155 Å². The Morgan fingerprint density at radius 3 is 2.96 bits per heavy atom. The lowest BCUT2D eigenvalue weighted by Gasteiger charge is -2.24. The summed E-state index contributed by atoms with van der Waals surface area (Å²) in [5.41, 5.74) is 5.15. The van der Waals surface area contributed by atoms with E-state index in [1.165, 1.54) is 10.9 Å². The first-order chi connectivity index (χ1) is 12.7. The predicted molar refractivity (Wildman–Crippen MR) is 105 cm³/mol. The number of rotatable bonds is 2. The highest BCUT2D eigenvalue weighted by Gasteiger charge is 2.26. The summed E-state index contributed by atoms with van der Waals surface area (Å²) in [7, 11) is 0. The zero-order valence-corrected chi connectivity index (χ0v) is 14.9. The van der Waals surface area contributed by atoms with E-state index in [1.54, 1.807) is 0 Å². The molecule has 1 aliphatic rings. The second kappa shape index (κ2) is 5.92. The van der Waals surface area contributed by atoms with Crippen LogP contribution < -0.4 is 5.32 Å². The van der Waals surface area contributed by atoms with Gasteiger partial charge >= 0.3 is 0 Å². The first kappa shape index (κ1) is 15.5. The van der Waals surface area contributed by atoms with E-state index in [2.05, 4.69) is 15.3 Å². The average molecular weight is 364 g/mol. The van der Waals surface area contributed by atoms with Crippen LogP contribution in [-0.2, 0) is 6.42 Å². The number of nitrogens with one attached hydrogen (secondary N) is 3. The topological polar surface area (TPSA) is 60.7 Å². The van der Waals surface area contributed by atoms with E-state index in [-0.39, 0.29) is 11.9 Å². The minimum absolute atomic E-state index is 0.00776. The molecule has 0 bridgehead atoms. The molecule has 3 N–H and O–H groups in total. The van der Waals surface area contributed by atoms with E-state index >= 15 is 0 Å². The highest BCUT2D eigenvalue weighted by molar-refractivity contribution is 6.31. The molecule has 0 saturated carbocycles. The summed E-state index contributed by atoms with van der Waals surface area (Å²) < 4.78 is 0. The van der Waals surface area contributed by atoms with E-state index in [0.717, 1.165) is 46.4 Å². The van der Waals surface area contributed by atoms with E-state index in [0.29, 0.717) is 5.56 Å². The van der Waals surface area contributed by atoms with Crippen molar-refractivity contribution >= 4 is 39.3 Å². The number of aromatic amines is 2. The number of carbonyl (C=O) groups excluding carboxylic acids is 1. The molecular weight excluding hydrogens is 346 g/mol. The molecule has 1 aliphatic carbocycles. The normalized spacial score (nSPS) is 16.7. The Kier molecular flexibility index (Phi) is 3.54. The predicted octanol–water partition coefficient (Wildman–Crippen LogP) is 5.11. The van der Waals surface area contributed by atoms with Crippen LogP contribution in [0.1, 0.15) is 40.5 Å². The maximum atomic E-state index is 12.9. The molecule has 0 saturated heterocycles. The second-order valence-electron chi connectivity index (χ2n) is 6.87. The molecule has 26 heavy (non-hydrogen) atoms. The third kappa shape index (κ3) is 2.41. The SMILES string of the molecule is O=C(N[C@H]1CCCc2c1[nH]c1ccc(Cl)cc21)c1cccc2[nH]ccc12. The van der Waals surface area contributed by atoms with E-state index in [9.17, 15) is 4.79 Å². The van der Waals surface area contributed by atoms with Crippen LogP contribution in [0.25, 0.3) is 21.8 Å². The van der Waals surface area contributed by atoms with Crippen LogP contribution in [0, 0.1) is 0 Å². The zero-order chi connectivity index (χ0) is 17.7. The van der Waals surface area contributed by atoms with Crippen LogP contribution in [0.15, 0.2) is 48.7 Å². The molecule has 5 heteroatoms. The van der Waals surface area contributed by atoms with Gasteiger partial charge in [0, 0.05) is 44.3 Å². The van der Waals surface area contributed by atoms with Gasteiger partial charge in [0.25, 0.3) is 5.91 Å². The summed E-state index contributed by atoms with van der Waals surface area (Å²) in [6, 6.07) is 13.6. The van der Waals surface area contributed by atoms with Crippen LogP contribution in [0.3, 0.4) is 0 Å². The van der Waals surface area contributed by atoms with E-state index < -0.39 is 0 Å². The van der Waals surface area contributed by atoms with Gasteiger partial charge in [0.1, 0.15) is 0 Å². The lowest BCUT2D eigenvalue weighted by atomic mass is 9.91. The number of aromatic nitrogens is 2. The third-order valence-electron chi connectivity index (χ3n) is 5.31. The van der Waals surface area contributed by atoms with Gasteiger partial charge in [-0.1, -0.05) is 17.7 Å². The van der Waals surface area contributed by atoms with Crippen molar-refractivity contribution in [2.24, 2.45) is 0 Å². The van der Waals surface area contributed by atoms with E-state index in [1.807, 2.05) is 48.7 Å². The highest BCUT2D eigenvalue weighted by Crippen LogP contribution is 2.36. The Balaban J connectivity index is 1.52. The Hall–Kier alpha value is -2.72. The molecule has 0 aliphatic heterocycles. The molecule has 2 heterocycles. The summed E-state index contributed by atoms with van der Waals surface area (Å²) in [4.78, 5) is 19.6. The molecule has 4 aromatic rings. The number of H-pyrrole nitrogens is 2. The van der Waals surface area contributed by atoms with Crippen LogP contribution in [0.2, 0.25) is 5.02 Å². The van der Waals surface area contributed by atoms with Gasteiger partial charge in [-0.05, 0) is 61.2 Å². The fourth-order valence-corrected chi connectivity index (χ4v) is 4.27. The average Bonchev–Trinajstić information content (AvgIpc) is 3.26. The Morgan fingerprint density at radius 2 is 2.04 bits per heavy atom. The number of fused-ring (bicyclic) bond motifs is 4. The summed E-state index contributed by atoms with van der Waals surface area (Å²) in [6.07, 6.45) is 4.85. The van der Waals surface area contributed by atoms with Crippen molar-refractivity contribution < 1.29 is 4.79 Å². The number of halogens is 1. The summed E-state index contributed by atoms with van der Waals surface area (Å²) in [5.74, 6) is -0.0373. The van der Waals surface area contributed by atoms with Crippen molar-refractivity contribution in [2.45, 2.75) is 25.3 Å². The lowest BCUT2D eigenvalue weighted by molar-refractivity contribution is 0.0933. The number of aryl methyl sites for hydroxylation is 1. The summed E-state index contributed by atoms with van der Waals surface area (Å²) >= 11 is 6.18. The standard InChI is InChI=1S/C21H18ClN3O/c22-12-7-8-18-16(11-12)14-3-1-6-19(20(14)24-18)25-21(26)15-4-2-5-17-13(15)9-10-23-17/h2,4-5,7-11,19,23-24H,1,3,6H2,(H,25,26)/t19-/m0/s1. The number of hydrogen-bond donors (Lipinski definition) is 3. The van der Waals surface area contributed by atoms with Gasteiger partial charge in [-0.2, -0.15) is 0 Å². The molecule has 2 aromatic carbocycles. The molecule has 0 radical (unpaired) electrons. The largest absolute Gasteiger partial charge is 0.361 e. The molecule has 2 aromatic heterocycles. The van der Waals surface area contributed by atoms with Crippen LogP contribution >= 0.6 is 11.6 Å². The molecule has 0 unspecified atom stereocenters. The Bertz CT molecular complexity index is 1140. The summed E-state index contributed by atoms with van der Waals surface area (Å²) in [6.45, 7) is 0. The van der Waals surface area contributed by atoms with Crippen molar-refractivity contribution in [3.63, 3.8) is 0 Å². The molecule has 130 valence electrons. The lowest BCUT2D eigenvalue weighted by Crippen LogP contribution is -2.31. The van der Waals surface area contributed by atoms with Gasteiger partial charge in [-0.25, -0.2) is 0 Å². The monoisotopic (exact) mass is 363 g/mol. The molecule has 5 rings (SSSR count). The van der Waals surface area contributed by atoms with Gasteiger partial charge in [-0.15, -0.1) is 0 Å². The molecular formula is C21H18ClN3O. The molecule has 4 nitrogen and oxygen atoms in total. The molecule has 1 amide bonds. The number of amides is 1. The van der Waals surface area contributed by atoms with Gasteiger partial charge in [-0.3, -0.25) is 4.79 Å². The fraction of sp³-hybridized carbons (Fsp3) is 0.190. The fourth-order valence-electron chi connectivity index (χ4n) is 4.10. The van der Waals surface area contributed by atoms with Crippen molar-refractivity contribution in [3.8, 4) is 0 Å². The van der Waals surface area contributed by atoms with E-state index in [4.69, 9.17) is 11.6 Å². The molecule has 0 fully saturated rings. The molecule has 0 spiro atoms. The molecule has 1 atom stereocenters. The maximum Gasteiger partial charge on any atom is 0.252 e. The van der Waals surface area contributed by atoms with Crippen LogP contribution in [0.4, 0.5) is 0 Å². The second-order valence-corrected chi connectivity index (χ2v) is 7.31. The maximum absolute atomic E-state index is 12.9. The third-order valence-corrected chi connectivity index (χ3v) is 5.55. The number of carbonyl (C=O) groups is 1. The van der Waals surface area contributed by atoms with Crippen LogP contribution in [0.5, 0.6) is 0 Å². The highest BCUT2D eigenvalue weighted by atomic mass is 35.5. The van der Waals surface area contributed by atoms with Crippen molar-refractivity contribution in [1.29, 1.82) is 0 Å². The van der Waals surface area contributed by atoms with Crippen molar-refractivity contribution in [2.75, 3.05) is 0 Å². The number of hydrogen-bond acceptors (Lipinski definition) is 1. The van der Waals surface area contributed by atoms with Crippen molar-refractivity contribution in [3.05, 3.63) is 70.5 Å². The first-order valence-electron chi connectivity index (χ1n) is 8.87. The smallest absolute Gasteiger partial charge is 0.252 e. The van der Waals surface area contributed by atoms with Crippen LogP contribution in [-0.4, -0.2) is 15.9 Å². The quantitative estimate of drug-likeness (QED) is 0.455. The minimum atomic E-state index is -0.0373.